The van der Waals surface area contributed by atoms with E-state index in [0.717, 1.165) is 16.8 Å². The Kier molecular flexibility index (Phi) is 5.41. The average molecular weight is 408 g/mol. The van der Waals surface area contributed by atoms with E-state index in [9.17, 15) is 9.59 Å². The van der Waals surface area contributed by atoms with Crippen molar-refractivity contribution in [1.29, 1.82) is 0 Å². The van der Waals surface area contributed by atoms with E-state index in [1.807, 2.05) is 55.5 Å². The van der Waals surface area contributed by atoms with Gasteiger partial charge in [0, 0.05) is 31.9 Å². The van der Waals surface area contributed by atoms with Gasteiger partial charge in [0.05, 0.1) is 10.7 Å². The molecule has 1 aliphatic rings. The number of benzene rings is 2. The van der Waals surface area contributed by atoms with Gasteiger partial charge in [0.2, 0.25) is 0 Å². The van der Waals surface area contributed by atoms with Crippen LogP contribution in [0.15, 0.2) is 65.5 Å². The lowest BCUT2D eigenvalue weighted by Crippen LogP contribution is -2.49. The van der Waals surface area contributed by atoms with Crippen molar-refractivity contribution in [3.63, 3.8) is 0 Å². The van der Waals surface area contributed by atoms with Gasteiger partial charge in [-0.2, -0.15) is 0 Å². The number of aromatic amines is 1. The van der Waals surface area contributed by atoms with E-state index in [1.54, 1.807) is 17.0 Å². The normalized spacial score (nSPS) is 14.1. The van der Waals surface area contributed by atoms with E-state index >= 15 is 0 Å². The predicted molar refractivity (Wildman–Crippen MR) is 117 cm³/mol. The predicted octanol–water partition coefficient (Wildman–Crippen LogP) is 3.97. The number of aryl methyl sites for hydroxylation is 1. The fourth-order valence-electron chi connectivity index (χ4n) is 3.65. The maximum absolute atomic E-state index is 12.9. The molecule has 1 fully saturated rings. The summed E-state index contributed by atoms with van der Waals surface area (Å²) in [6, 6.07) is 19.0. The van der Waals surface area contributed by atoms with Crippen molar-refractivity contribution in [3.05, 3.63) is 87.2 Å². The average Bonchev–Trinajstić information content (AvgIpc) is 2.74. The Morgan fingerprint density at radius 3 is 2.41 bits per heavy atom. The van der Waals surface area contributed by atoms with Crippen LogP contribution in [-0.2, 0) is 0 Å². The van der Waals surface area contributed by atoms with Crippen molar-refractivity contribution in [2.24, 2.45) is 0 Å². The van der Waals surface area contributed by atoms with Gasteiger partial charge in [-0.1, -0.05) is 47.5 Å². The maximum atomic E-state index is 12.9. The molecule has 1 aliphatic heterocycles. The molecule has 148 valence electrons. The summed E-state index contributed by atoms with van der Waals surface area (Å²) in [6.07, 6.45) is 0. The van der Waals surface area contributed by atoms with Crippen LogP contribution in [0.3, 0.4) is 0 Å². The summed E-state index contributed by atoms with van der Waals surface area (Å²) in [7, 11) is 0. The van der Waals surface area contributed by atoms with Crippen molar-refractivity contribution in [1.82, 2.24) is 9.88 Å². The number of carbonyl (C=O) groups is 1. The summed E-state index contributed by atoms with van der Waals surface area (Å²) in [6.45, 7) is 4.44. The van der Waals surface area contributed by atoms with Crippen LogP contribution in [0.4, 0.5) is 5.69 Å². The van der Waals surface area contributed by atoms with Gasteiger partial charge in [0.15, 0.2) is 0 Å². The molecule has 6 heteroatoms. The zero-order valence-corrected chi connectivity index (χ0v) is 16.9. The Labute approximate surface area is 174 Å². The first-order valence-electron chi connectivity index (χ1n) is 9.62. The molecular formula is C23H22ClN3O2. The summed E-state index contributed by atoms with van der Waals surface area (Å²) in [5.41, 5.74) is 3.53. The first kappa shape index (κ1) is 19.3. The number of piperazine rings is 1. The van der Waals surface area contributed by atoms with Gasteiger partial charge in [0.1, 0.15) is 5.56 Å². The van der Waals surface area contributed by atoms with Crippen LogP contribution >= 0.6 is 11.6 Å². The highest BCUT2D eigenvalue weighted by Gasteiger charge is 2.24. The third-order valence-corrected chi connectivity index (χ3v) is 5.55. The molecule has 0 aliphatic carbocycles. The van der Waals surface area contributed by atoms with Crippen molar-refractivity contribution in [2.45, 2.75) is 6.92 Å². The first-order valence-corrected chi connectivity index (χ1v) is 10.00. The number of hydrogen-bond donors (Lipinski definition) is 1. The molecule has 1 aromatic heterocycles. The fraction of sp³-hybridized carbons (Fsp3) is 0.217. The summed E-state index contributed by atoms with van der Waals surface area (Å²) in [4.78, 5) is 32.2. The van der Waals surface area contributed by atoms with Crippen molar-refractivity contribution in [3.8, 4) is 11.3 Å². The maximum Gasteiger partial charge on any atom is 0.261 e. The number of aromatic nitrogens is 1. The van der Waals surface area contributed by atoms with Crippen molar-refractivity contribution in [2.75, 3.05) is 31.1 Å². The molecule has 0 saturated carbocycles. The summed E-state index contributed by atoms with van der Waals surface area (Å²) < 4.78 is 0. The lowest BCUT2D eigenvalue weighted by atomic mass is 10.1. The number of H-pyrrole nitrogens is 1. The molecule has 0 radical (unpaired) electrons. The highest BCUT2D eigenvalue weighted by molar-refractivity contribution is 6.33. The Morgan fingerprint density at radius 1 is 0.966 bits per heavy atom. The second kappa shape index (κ2) is 8.13. The van der Waals surface area contributed by atoms with E-state index in [2.05, 4.69) is 9.88 Å². The summed E-state index contributed by atoms with van der Waals surface area (Å²) in [5, 5.41) is 0.704. The van der Waals surface area contributed by atoms with Crippen LogP contribution in [0, 0.1) is 6.92 Å². The first-order chi connectivity index (χ1) is 14.0. The number of rotatable bonds is 3. The van der Waals surface area contributed by atoms with Gasteiger partial charge in [-0.3, -0.25) is 9.59 Å². The minimum atomic E-state index is -0.359. The number of hydrogen-bond acceptors (Lipinski definition) is 3. The molecule has 5 nitrogen and oxygen atoms in total. The molecule has 1 amide bonds. The molecule has 0 spiro atoms. The lowest BCUT2D eigenvalue weighted by Gasteiger charge is -2.36. The number of nitrogens with zero attached hydrogens (tertiary/aromatic N) is 2. The van der Waals surface area contributed by atoms with Gasteiger partial charge in [-0.25, -0.2) is 0 Å². The Hall–Kier alpha value is -3.05. The molecule has 1 N–H and O–H groups in total. The second-order valence-electron chi connectivity index (χ2n) is 7.21. The molecule has 29 heavy (non-hydrogen) atoms. The van der Waals surface area contributed by atoms with Crippen LogP contribution in [-0.4, -0.2) is 42.0 Å². The zero-order chi connectivity index (χ0) is 20.4. The molecule has 4 rings (SSSR count). The molecule has 2 aromatic carbocycles. The van der Waals surface area contributed by atoms with E-state index in [0.29, 0.717) is 36.9 Å². The molecule has 0 unspecified atom stereocenters. The smallest absolute Gasteiger partial charge is 0.261 e. The van der Waals surface area contributed by atoms with Crippen LogP contribution in [0.5, 0.6) is 0 Å². The van der Waals surface area contributed by atoms with Crippen LogP contribution in [0.1, 0.15) is 15.9 Å². The number of nitrogens with one attached hydrogen (secondary N) is 1. The Bertz CT molecular complexity index is 1100. The SMILES string of the molecule is Cc1cccc(-c2ccc(C(=O)N3CCN(c4ccccc4Cl)CC3)c(=O)[nH]2)c1. The molecule has 0 atom stereocenters. The molecule has 1 saturated heterocycles. The highest BCUT2D eigenvalue weighted by Crippen LogP contribution is 2.26. The largest absolute Gasteiger partial charge is 0.367 e. The minimum Gasteiger partial charge on any atom is -0.367 e. The highest BCUT2D eigenvalue weighted by atomic mass is 35.5. The van der Waals surface area contributed by atoms with E-state index < -0.39 is 0 Å². The quantitative estimate of drug-likeness (QED) is 0.714. The minimum absolute atomic E-state index is 0.174. The van der Waals surface area contributed by atoms with Gasteiger partial charge < -0.3 is 14.8 Å². The third kappa shape index (κ3) is 4.05. The number of anilines is 1. The van der Waals surface area contributed by atoms with Crippen LogP contribution in [0.25, 0.3) is 11.3 Å². The second-order valence-corrected chi connectivity index (χ2v) is 7.62. The van der Waals surface area contributed by atoms with Gasteiger partial charge in [0.25, 0.3) is 11.5 Å². The van der Waals surface area contributed by atoms with Crippen molar-refractivity contribution >= 4 is 23.2 Å². The monoisotopic (exact) mass is 407 g/mol. The molecular weight excluding hydrogens is 386 g/mol. The van der Waals surface area contributed by atoms with Crippen LogP contribution < -0.4 is 10.5 Å². The number of para-hydroxylation sites is 1. The standard InChI is InChI=1S/C23H22ClN3O2/c1-16-5-4-6-17(15-16)20-10-9-18(22(28)25-20)23(29)27-13-11-26(12-14-27)21-8-3-2-7-19(21)24/h2-10,15H,11-14H2,1H3,(H,25,28). The number of pyridine rings is 1. The molecule has 3 aromatic rings. The number of carbonyl (C=O) groups excluding carboxylic acids is 1. The van der Waals surface area contributed by atoms with Gasteiger partial charge in [-0.05, 0) is 42.8 Å². The van der Waals surface area contributed by atoms with E-state index in [1.165, 1.54) is 0 Å². The van der Waals surface area contributed by atoms with Crippen LogP contribution in [0.2, 0.25) is 5.02 Å². The van der Waals surface area contributed by atoms with E-state index in [4.69, 9.17) is 11.6 Å². The van der Waals surface area contributed by atoms with Gasteiger partial charge in [-0.15, -0.1) is 0 Å². The van der Waals surface area contributed by atoms with E-state index in [-0.39, 0.29) is 17.0 Å². The van der Waals surface area contributed by atoms with Crippen molar-refractivity contribution < 1.29 is 4.79 Å². The number of amides is 1. The molecule has 2 heterocycles. The summed E-state index contributed by atoms with van der Waals surface area (Å²) in [5.74, 6) is -0.235. The Morgan fingerprint density at radius 2 is 1.72 bits per heavy atom. The Balaban J connectivity index is 1.48. The number of halogens is 1. The zero-order valence-electron chi connectivity index (χ0n) is 16.2. The fourth-order valence-corrected chi connectivity index (χ4v) is 3.91. The third-order valence-electron chi connectivity index (χ3n) is 5.23. The topological polar surface area (TPSA) is 56.4 Å². The van der Waals surface area contributed by atoms with Gasteiger partial charge >= 0.3 is 0 Å². The summed E-state index contributed by atoms with van der Waals surface area (Å²) >= 11 is 6.28. The molecule has 0 bridgehead atoms. The lowest BCUT2D eigenvalue weighted by molar-refractivity contribution is 0.0745.